The zero-order valence-corrected chi connectivity index (χ0v) is 14.3. The molecule has 0 fully saturated rings. The fourth-order valence-electron chi connectivity index (χ4n) is 2.33. The van der Waals surface area contributed by atoms with Crippen LogP contribution in [0.5, 0.6) is 5.75 Å². The number of ether oxygens (including phenoxy) is 1. The van der Waals surface area contributed by atoms with E-state index in [1.165, 1.54) is 6.33 Å². The number of carbonyl (C=O) groups is 1. The Labute approximate surface area is 150 Å². The number of benzene rings is 2. The van der Waals surface area contributed by atoms with Gasteiger partial charge < -0.3 is 10.1 Å². The molecule has 0 saturated heterocycles. The SMILES string of the molecule is CC(NC(=O)COc1ccccc1Cl)c1ccc(-n2cncn2)cc1. The van der Waals surface area contributed by atoms with E-state index in [0.29, 0.717) is 10.8 Å². The number of amides is 1. The van der Waals surface area contributed by atoms with Gasteiger partial charge >= 0.3 is 0 Å². The summed E-state index contributed by atoms with van der Waals surface area (Å²) in [7, 11) is 0. The van der Waals surface area contributed by atoms with Crippen LogP contribution in [0.15, 0.2) is 61.2 Å². The van der Waals surface area contributed by atoms with Crippen LogP contribution in [0, 0.1) is 0 Å². The van der Waals surface area contributed by atoms with Gasteiger partial charge in [-0.15, -0.1) is 0 Å². The first-order valence-corrected chi connectivity index (χ1v) is 8.13. The Hall–Kier alpha value is -2.86. The lowest BCUT2D eigenvalue weighted by atomic mass is 10.1. The Bertz CT molecular complexity index is 835. The number of para-hydroxylation sites is 1. The van der Waals surface area contributed by atoms with Gasteiger partial charge in [-0.1, -0.05) is 35.9 Å². The molecule has 1 amide bonds. The fourth-order valence-corrected chi connectivity index (χ4v) is 2.52. The molecule has 7 heteroatoms. The van der Waals surface area contributed by atoms with Gasteiger partial charge in [-0.2, -0.15) is 5.10 Å². The Kier molecular flexibility index (Phi) is 5.30. The van der Waals surface area contributed by atoms with Gasteiger partial charge in [0.25, 0.3) is 5.91 Å². The standard InChI is InChI=1S/C18H17ClN4O2/c1-13(14-6-8-15(9-7-14)23-12-20-11-21-23)22-18(24)10-25-17-5-3-2-4-16(17)19/h2-9,11-13H,10H2,1H3,(H,22,24). The van der Waals surface area contributed by atoms with Crippen molar-refractivity contribution >= 4 is 17.5 Å². The second kappa shape index (κ2) is 7.81. The van der Waals surface area contributed by atoms with Crippen molar-refractivity contribution < 1.29 is 9.53 Å². The number of hydrogen-bond acceptors (Lipinski definition) is 4. The average molecular weight is 357 g/mol. The van der Waals surface area contributed by atoms with E-state index in [1.807, 2.05) is 31.2 Å². The van der Waals surface area contributed by atoms with Crippen LogP contribution in [-0.2, 0) is 4.79 Å². The number of rotatable bonds is 6. The van der Waals surface area contributed by atoms with Crippen LogP contribution in [0.3, 0.4) is 0 Å². The summed E-state index contributed by atoms with van der Waals surface area (Å²) < 4.78 is 7.11. The molecule has 25 heavy (non-hydrogen) atoms. The summed E-state index contributed by atoms with van der Waals surface area (Å²) in [5.74, 6) is 0.275. The van der Waals surface area contributed by atoms with Crippen molar-refractivity contribution in [2.45, 2.75) is 13.0 Å². The van der Waals surface area contributed by atoms with Crippen LogP contribution in [0.2, 0.25) is 5.02 Å². The highest BCUT2D eigenvalue weighted by atomic mass is 35.5. The van der Waals surface area contributed by atoms with Crippen LogP contribution in [0.25, 0.3) is 5.69 Å². The first-order chi connectivity index (χ1) is 12.1. The van der Waals surface area contributed by atoms with Crippen LogP contribution < -0.4 is 10.1 Å². The zero-order valence-electron chi connectivity index (χ0n) is 13.6. The molecule has 0 aliphatic heterocycles. The minimum absolute atomic E-state index is 0.0921. The zero-order chi connectivity index (χ0) is 17.6. The molecule has 1 N–H and O–H groups in total. The van der Waals surface area contributed by atoms with E-state index in [0.717, 1.165) is 11.3 Å². The number of nitrogens with one attached hydrogen (secondary N) is 1. The van der Waals surface area contributed by atoms with Gasteiger partial charge in [0.05, 0.1) is 16.8 Å². The molecule has 1 unspecified atom stereocenters. The van der Waals surface area contributed by atoms with Crippen molar-refractivity contribution in [2.24, 2.45) is 0 Å². The minimum atomic E-state index is -0.215. The van der Waals surface area contributed by atoms with E-state index in [2.05, 4.69) is 15.4 Å². The van der Waals surface area contributed by atoms with Gasteiger partial charge in [0, 0.05) is 0 Å². The van der Waals surface area contributed by atoms with Crippen molar-refractivity contribution in [2.75, 3.05) is 6.61 Å². The minimum Gasteiger partial charge on any atom is -0.482 e. The second-order valence-electron chi connectivity index (χ2n) is 5.44. The lowest BCUT2D eigenvalue weighted by Gasteiger charge is -2.15. The third-order valence-electron chi connectivity index (χ3n) is 3.65. The van der Waals surface area contributed by atoms with Crippen LogP contribution in [-0.4, -0.2) is 27.3 Å². The maximum atomic E-state index is 12.1. The molecule has 2 aromatic carbocycles. The van der Waals surface area contributed by atoms with Gasteiger partial charge in [0.15, 0.2) is 6.61 Å². The summed E-state index contributed by atoms with van der Waals surface area (Å²) in [6, 6.07) is 14.6. The summed E-state index contributed by atoms with van der Waals surface area (Å²) in [5.41, 5.74) is 1.89. The van der Waals surface area contributed by atoms with Gasteiger partial charge in [0.1, 0.15) is 18.4 Å². The fraction of sp³-hybridized carbons (Fsp3) is 0.167. The smallest absolute Gasteiger partial charge is 0.258 e. The summed E-state index contributed by atoms with van der Waals surface area (Å²) in [6.07, 6.45) is 3.11. The molecule has 128 valence electrons. The summed E-state index contributed by atoms with van der Waals surface area (Å²) >= 11 is 6.00. The van der Waals surface area contributed by atoms with Crippen LogP contribution >= 0.6 is 11.6 Å². The molecule has 0 radical (unpaired) electrons. The second-order valence-corrected chi connectivity index (χ2v) is 5.85. The lowest BCUT2D eigenvalue weighted by molar-refractivity contribution is -0.123. The van der Waals surface area contributed by atoms with E-state index in [-0.39, 0.29) is 18.6 Å². The number of halogens is 1. The largest absolute Gasteiger partial charge is 0.482 e. The number of nitrogens with zero attached hydrogens (tertiary/aromatic N) is 3. The lowest BCUT2D eigenvalue weighted by Crippen LogP contribution is -2.31. The van der Waals surface area contributed by atoms with Crippen molar-refractivity contribution in [3.05, 3.63) is 71.8 Å². The molecule has 0 bridgehead atoms. The Balaban J connectivity index is 1.55. The van der Waals surface area contributed by atoms with E-state index >= 15 is 0 Å². The van der Waals surface area contributed by atoms with Gasteiger partial charge in [0.2, 0.25) is 0 Å². The monoisotopic (exact) mass is 356 g/mol. The molecule has 0 aliphatic carbocycles. The molecule has 1 atom stereocenters. The van der Waals surface area contributed by atoms with Gasteiger partial charge in [-0.25, -0.2) is 9.67 Å². The van der Waals surface area contributed by atoms with Gasteiger partial charge in [-0.3, -0.25) is 4.79 Å². The highest BCUT2D eigenvalue weighted by Crippen LogP contribution is 2.23. The van der Waals surface area contributed by atoms with Gasteiger partial charge in [-0.05, 0) is 36.8 Å². The first kappa shape index (κ1) is 17.0. The Morgan fingerprint density at radius 3 is 2.68 bits per heavy atom. The Morgan fingerprint density at radius 1 is 1.24 bits per heavy atom. The number of hydrogen-bond donors (Lipinski definition) is 1. The molecule has 3 rings (SSSR count). The predicted molar refractivity (Wildman–Crippen MR) is 94.9 cm³/mol. The quantitative estimate of drug-likeness (QED) is 0.736. The Morgan fingerprint density at radius 2 is 2.00 bits per heavy atom. The maximum absolute atomic E-state index is 12.1. The number of aromatic nitrogens is 3. The highest BCUT2D eigenvalue weighted by Gasteiger charge is 2.11. The molecule has 6 nitrogen and oxygen atoms in total. The van der Waals surface area contributed by atoms with Crippen LogP contribution in [0.1, 0.15) is 18.5 Å². The van der Waals surface area contributed by atoms with Crippen molar-refractivity contribution in [1.82, 2.24) is 20.1 Å². The molecule has 1 heterocycles. The van der Waals surface area contributed by atoms with Crippen molar-refractivity contribution in [1.29, 1.82) is 0 Å². The van der Waals surface area contributed by atoms with E-state index < -0.39 is 0 Å². The predicted octanol–water partition coefficient (Wildman–Crippen LogP) is 3.18. The first-order valence-electron chi connectivity index (χ1n) is 7.75. The summed E-state index contributed by atoms with van der Waals surface area (Å²) in [6.45, 7) is 1.82. The molecule has 3 aromatic rings. The molecule has 1 aromatic heterocycles. The normalized spacial score (nSPS) is 11.8. The van der Waals surface area contributed by atoms with E-state index in [9.17, 15) is 4.79 Å². The van der Waals surface area contributed by atoms with E-state index in [4.69, 9.17) is 16.3 Å². The average Bonchev–Trinajstić information content (AvgIpc) is 3.16. The topological polar surface area (TPSA) is 69.0 Å². The maximum Gasteiger partial charge on any atom is 0.258 e. The van der Waals surface area contributed by atoms with E-state index in [1.54, 1.807) is 35.3 Å². The molecule has 0 saturated carbocycles. The molecular formula is C18H17ClN4O2. The van der Waals surface area contributed by atoms with Crippen molar-refractivity contribution in [3.63, 3.8) is 0 Å². The molecule has 0 aliphatic rings. The molecule has 0 spiro atoms. The molecular weight excluding hydrogens is 340 g/mol. The third-order valence-corrected chi connectivity index (χ3v) is 3.96. The highest BCUT2D eigenvalue weighted by molar-refractivity contribution is 6.32. The van der Waals surface area contributed by atoms with Crippen LogP contribution in [0.4, 0.5) is 0 Å². The third kappa shape index (κ3) is 4.36. The van der Waals surface area contributed by atoms with Crippen molar-refractivity contribution in [3.8, 4) is 11.4 Å². The summed E-state index contributed by atoms with van der Waals surface area (Å²) in [5, 5.41) is 7.46. The number of carbonyl (C=O) groups excluding carboxylic acids is 1. The summed E-state index contributed by atoms with van der Waals surface area (Å²) in [4.78, 5) is 16.0.